The number of sulfonamides is 1. The van der Waals surface area contributed by atoms with Gasteiger partial charge in [0.15, 0.2) is 0 Å². The Morgan fingerprint density at radius 3 is 2.64 bits per heavy atom. The molecule has 1 atom stereocenters. The fourth-order valence-electron chi connectivity index (χ4n) is 0.892. The molecule has 1 unspecified atom stereocenters. The van der Waals surface area contributed by atoms with Gasteiger partial charge in [-0.25, -0.2) is 13.6 Å². The first-order valence-electron chi connectivity index (χ1n) is 3.28. The smallest absolute Gasteiger partial charge is 0.211 e. The van der Waals surface area contributed by atoms with E-state index in [0.717, 1.165) is 0 Å². The second-order valence-electron chi connectivity index (χ2n) is 2.40. The van der Waals surface area contributed by atoms with E-state index in [2.05, 4.69) is 0 Å². The van der Waals surface area contributed by atoms with Crippen molar-refractivity contribution >= 4 is 10.0 Å². The number of rotatable bonds is 2. The number of hydrogen-bond acceptors (Lipinski definition) is 4. The minimum Gasteiger partial charge on any atom is -0.376 e. The Hall–Kier alpha value is -0.170. The van der Waals surface area contributed by atoms with Crippen LogP contribution in [0.5, 0.6) is 0 Å². The van der Waals surface area contributed by atoms with Crippen LogP contribution in [0.3, 0.4) is 0 Å². The molecule has 1 heterocycles. The first-order valence-corrected chi connectivity index (χ1v) is 4.99. The zero-order valence-corrected chi connectivity index (χ0v) is 6.84. The predicted octanol–water partition coefficient (Wildman–Crippen LogP) is -1.31. The minimum atomic E-state index is -3.43. The molecule has 66 valence electrons. The highest BCUT2D eigenvalue weighted by atomic mass is 32.2. The largest absolute Gasteiger partial charge is 0.376 e. The zero-order valence-electron chi connectivity index (χ0n) is 6.02. The Bertz CT molecular complexity index is 207. The number of nitrogens with two attached hydrogens (primary N) is 1. The van der Waals surface area contributed by atoms with Gasteiger partial charge in [0.25, 0.3) is 0 Å². The van der Waals surface area contributed by atoms with E-state index < -0.39 is 16.1 Å². The maximum absolute atomic E-state index is 10.5. The summed E-state index contributed by atoms with van der Waals surface area (Å²) in [7, 11) is -3.43. The molecule has 0 aromatic rings. The van der Waals surface area contributed by atoms with Crippen molar-refractivity contribution in [3.63, 3.8) is 0 Å². The van der Waals surface area contributed by atoms with E-state index in [9.17, 15) is 8.42 Å². The summed E-state index contributed by atoms with van der Waals surface area (Å²) in [6.45, 7) is 1.29. The van der Waals surface area contributed by atoms with E-state index >= 15 is 0 Å². The van der Waals surface area contributed by atoms with Gasteiger partial charge in [-0.3, -0.25) is 0 Å². The lowest BCUT2D eigenvalue weighted by atomic mass is 10.4. The maximum atomic E-state index is 10.5. The summed E-state index contributed by atoms with van der Waals surface area (Å²) in [4.78, 5) is 0. The van der Waals surface area contributed by atoms with Crippen LogP contribution in [0.15, 0.2) is 0 Å². The molecular weight excluding hydrogens is 170 g/mol. The molecular formula is C5H11NO4S. The first-order chi connectivity index (χ1) is 5.08. The molecule has 5 nitrogen and oxygen atoms in total. The molecule has 0 aliphatic carbocycles. The molecule has 0 spiro atoms. The molecule has 0 aromatic carbocycles. The van der Waals surface area contributed by atoms with Gasteiger partial charge in [0.2, 0.25) is 10.0 Å². The van der Waals surface area contributed by atoms with E-state index in [1.54, 1.807) is 0 Å². The molecule has 0 amide bonds. The Morgan fingerprint density at radius 1 is 1.45 bits per heavy atom. The summed E-state index contributed by atoms with van der Waals surface area (Å²) in [6, 6.07) is 0. The van der Waals surface area contributed by atoms with Crippen LogP contribution in [-0.4, -0.2) is 40.1 Å². The summed E-state index contributed by atoms with van der Waals surface area (Å²) in [5.74, 6) is -0.160. The van der Waals surface area contributed by atoms with Crippen LogP contribution in [0.1, 0.15) is 0 Å². The Balaban J connectivity index is 2.36. The van der Waals surface area contributed by atoms with Crippen LogP contribution in [0, 0.1) is 0 Å². The van der Waals surface area contributed by atoms with Crippen molar-refractivity contribution in [1.29, 1.82) is 0 Å². The van der Waals surface area contributed by atoms with Gasteiger partial charge in [0.05, 0.1) is 31.7 Å². The molecule has 1 rings (SSSR count). The lowest BCUT2D eigenvalue weighted by Gasteiger charge is -2.21. The highest BCUT2D eigenvalue weighted by Gasteiger charge is 2.19. The van der Waals surface area contributed by atoms with Gasteiger partial charge in [-0.1, -0.05) is 0 Å². The molecule has 11 heavy (non-hydrogen) atoms. The third kappa shape index (κ3) is 3.66. The van der Waals surface area contributed by atoms with E-state index in [1.165, 1.54) is 0 Å². The first kappa shape index (κ1) is 8.92. The molecule has 1 aliphatic rings. The maximum Gasteiger partial charge on any atom is 0.211 e. The van der Waals surface area contributed by atoms with Gasteiger partial charge in [0.1, 0.15) is 0 Å². The highest BCUT2D eigenvalue weighted by Crippen LogP contribution is 2.01. The lowest BCUT2D eigenvalue weighted by Crippen LogP contribution is -2.36. The highest BCUT2D eigenvalue weighted by molar-refractivity contribution is 7.89. The molecule has 6 heteroatoms. The monoisotopic (exact) mass is 181 g/mol. The predicted molar refractivity (Wildman–Crippen MR) is 38.5 cm³/mol. The third-order valence-corrected chi connectivity index (χ3v) is 2.14. The Morgan fingerprint density at radius 2 is 2.18 bits per heavy atom. The van der Waals surface area contributed by atoms with Gasteiger partial charge in [-0.15, -0.1) is 0 Å². The molecule has 0 bridgehead atoms. The zero-order chi connectivity index (χ0) is 8.32. The van der Waals surface area contributed by atoms with Crippen LogP contribution < -0.4 is 5.14 Å². The molecule has 0 radical (unpaired) electrons. The Kier molecular flexibility index (Phi) is 2.83. The van der Waals surface area contributed by atoms with Crippen LogP contribution in [0.25, 0.3) is 0 Å². The second kappa shape index (κ2) is 3.48. The average Bonchev–Trinajstić information content (AvgIpc) is 1.85. The normalized spacial score (nSPS) is 26.8. The summed E-state index contributed by atoms with van der Waals surface area (Å²) < 4.78 is 31.1. The molecule has 1 aliphatic heterocycles. The van der Waals surface area contributed by atoms with Gasteiger partial charge >= 0.3 is 0 Å². The molecule has 1 fully saturated rings. The van der Waals surface area contributed by atoms with E-state index in [0.29, 0.717) is 19.8 Å². The Labute approximate surface area is 65.5 Å². The molecule has 2 N–H and O–H groups in total. The lowest BCUT2D eigenvalue weighted by molar-refractivity contribution is -0.0782. The SMILES string of the molecule is NS(=O)(=O)CC1COCCO1. The van der Waals surface area contributed by atoms with E-state index in [4.69, 9.17) is 14.6 Å². The topological polar surface area (TPSA) is 78.6 Å². The van der Waals surface area contributed by atoms with Crippen LogP contribution in [-0.2, 0) is 19.5 Å². The molecule has 0 aromatic heterocycles. The van der Waals surface area contributed by atoms with Crippen LogP contribution in [0.4, 0.5) is 0 Å². The minimum absolute atomic E-state index is 0.160. The number of ether oxygens (including phenoxy) is 2. The van der Waals surface area contributed by atoms with Crippen LogP contribution >= 0.6 is 0 Å². The molecule has 0 saturated carbocycles. The fraction of sp³-hybridized carbons (Fsp3) is 1.00. The quantitative estimate of drug-likeness (QED) is 0.573. The molecule has 1 saturated heterocycles. The second-order valence-corrected chi connectivity index (χ2v) is 4.06. The van der Waals surface area contributed by atoms with Gasteiger partial charge < -0.3 is 9.47 Å². The van der Waals surface area contributed by atoms with Crippen LogP contribution in [0.2, 0.25) is 0 Å². The van der Waals surface area contributed by atoms with Gasteiger partial charge in [-0.2, -0.15) is 0 Å². The van der Waals surface area contributed by atoms with Crippen molar-refractivity contribution < 1.29 is 17.9 Å². The fourth-order valence-corrected chi connectivity index (χ4v) is 1.60. The summed E-state index contributed by atoms with van der Waals surface area (Å²) in [5, 5.41) is 4.80. The number of primary sulfonamides is 1. The average molecular weight is 181 g/mol. The van der Waals surface area contributed by atoms with Gasteiger partial charge in [0, 0.05) is 0 Å². The van der Waals surface area contributed by atoms with Crippen molar-refractivity contribution in [2.75, 3.05) is 25.6 Å². The van der Waals surface area contributed by atoms with Crippen molar-refractivity contribution in [3.8, 4) is 0 Å². The summed E-state index contributed by atoms with van der Waals surface area (Å²) >= 11 is 0. The van der Waals surface area contributed by atoms with Crippen molar-refractivity contribution in [1.82, 2.24) is 0 Å². The summed E-state index contributed by atoms with van der Waals surface area (Å²) in [6.07, 6.45) is -0.390. The number of hydrogen-bond donors (Lipinski definition) is 1. The van der Waals surface area contributed by atoms with E-state index in [-0.39, 0.29) is 5.75 Å². The van der Waals surface area contributed by atoms with Crippen molar-refractivity contribution in [2.45, 2.75) is 6.10 Å². The third-order valence-electron chi connectivity index (χ3n) is 1.30. The van der Waals surface area contributed by atoms with Crippen molar-refractivity contribution in [2.24, 2.45) is 5.14 Å². The summed E-state index contributed by atoms with van der Waals surface area (Å²) in [5.41, 5.74) is 0. The van der Waals surface area contributed by atoms with Gasteiger partial charge in [-0.05, 0) is 0 Å². The van der Waals surface area contributed by atoms with Crippen molar-refractivity contribution in [3.05, 3.63) is 0 Å². The standard InChI is InChI=1S/C5H11NO4S/c6-11(7,8)4-5-3-9-1-2-10-5/h5H,1-4H2,(H2,6,7,8). The van der Waals surface area contributed by atoms with E-state index in [1.807, 2.05) is 0 Å².